The van der Waals surface area contributed by atoms with Gasteiger partial charge < -0.3 is 5.32 Å². The molecule has 0 fully saturated rings. The Kier molecular flexibility index (Phi) is 6.69. The molecule has 0 aliphatic rings. The minimum atomic E-state index is -3.78. The third-order valence-corrected chi connectivity index (χ3v) is 7.31. The number of carbonyl (C=O) groups excluding carboxylic acids is 1. The van der Waals surface area contributed by atoms with Gasteiger partial charge in [-0.3, -0.25) is 9.52 Å². The van der Waals surface area contributed by atoms with E-state index in [1.807, 2.05) is 42.5 Å². The smallest absolute Gasteiger partial charge is 0.261 e. The summed E-state index contributed by atoms with van der Waals surface area (Å²) in [4.78, 5) is 13.3. The van der Waals surface area contributed by atoms with Crippen molar-refractivity contribution in [2.75, 3.05) is 15.8 Å². The number of amides is 1. The van der Waals surface area contributed by atoms with Crippen molar-refractivity contribution in [1.29, 1.82) is 0 Å². The lowest BCUT2D eigenvalue weighted by Crippen LogP contribution is -2.15. The first-order valence-corrected chi connectivity index (χ1v) is 12.5. The number of rotatable bonds is 7. The van der Waals surface area contributed by atoms with Gasteiger partial charge in [0.2, 0.25) is 5.91 Å². The molecule has 0 atom stereocenters. The van der Waals surface area contributed by atoms with Crippen LogP contribution in [0.25, 0.3) is 10.8 Å². The molecule has 5 nitrogen and oxygen atoms in total. The fourth-order valence-electron chi connectivity index (χ4n) is 3.11. The van der Waals surface area contributed by atoms with E-state index in [0.717, 1.165) is 15.7 Å². The molecule has 32 heavy (non-hydrogen) atoms. The van der Waals surface area contributed by atoms with Crippen LogP contribution in [-0.2, 0) is 14.8 Å². The quantitative estimate of drug-likeness (QED) is 0.315. The number of halogens is 1. The third kappa shape index (κ3) is 5.43. The predicted octanol–water partition coefficient (Wildman–Crippen LogP) is 6.02. The average molecular weight is 483 g/mol. The Morgan fingerprint density at radius 2 is 1.53 bits per heavy atom. The van der Waals surface area contributed by atoms with Crippen molar-refractivity contribution in [2.45, 2.75) is 9.79 Å². The second kappa shape index (κ2) is 9.65. The molecule has 162 valence electrons. The molecule has 0 saturated carbocycles. The van der Waals surface area contributed by atoms with Crippen molar-refractivity contribution in [3.8, 4) is 0 Å². The monoisotopic (exact) mass is 482 g/mol. The van der Waals surface area contributed by atoms with Crippen molar-refractivity contribution in [2.24, 2.45) is 0 Å². The molecule has 4 aromatic carbocycles. The standard InChI is InChI=1S/C24H19ClN2O3S2/c25-18-8-12-20(13-9-18)31-16-24(28)26-19-10-14-21(15-11-19)32(29,30)27-23-7-3-5-17-4-1-2-6-22(17)23/h1-15,27H,16H2,(H,26,28). The fraction of sp³-hybridized carbons (Fsp3) is 0.0417. The Hall–Kier alpha value is -3.00. The summed E-state index contributed by atoms with van der Waals surface area (Å²) in [5.41, 5.74) is 1.04. The molecule has 0 aromatic heterocycles. The first-order valence-electron chi connectivity index (χ1n) is 9.70. The van der Waals surface area contributed by atoms with Gasteiger partial charge in [0, 0.05) is 21.0 Å². The topological polar surface area (TPSA) is 75.3 Å². The number of hydrogen-bond acceptors (Lipinski definition) is 4. The van der Waals surface area contributed by atoms with Crippen LogP contribution in [0.4, 0.5) is 11.4 Å². The third-order valence-electron chi connectivity index (χ3n) is 4.67. The molecule has 0 radical (unpaired) electrons. The van der Waals surface area contributed by atoms with Crippen molar-refractivity contribution in [1.82, 2.24) is 0 Å². The largest absolute Gasteiger partial charge is 0.325 e. The summed E-state index contributed by atoms with van der Waals surface area (Å²) in [7, 11) is -3.78. The van der Waals surface area contributed by atoms with Crippen LogP contribution < -0.4 is 10.0 Å². The summed E-state index contributed by atoms with van der Waals surface area (Å²) < 4.78 is 28.4. The highest BCUT2D eigenvalue weighted by Crippen LogP contribution is 2.26. The second-order valence-corrected chi connectivity index (χ2v) is 10.1. The summed E-state index contributed by atoms with van der Waals surface area (Å²) in [6.07, 6.45) is 0. The number of thioether (sulfide) groups is 1. The summed E-state index contributed by atoms with van der Waals surface area (Å²) in [5.74, 6) is 0.0408. The van der Waals surface area contributed by atoms with Crippen molar-refractivity contribution < 1.29 is 13.2 Å². The molecule has 0 aliphatic heterocycles. The van der Waals surface area contributed by atoms with Crippen LogP contribution in [0.15, 0.2) is 101 Å². The van der Waals surface area contributed by atoms with E-state index in [2.05, 4.69) is 10.0 Å². The first-order chi connectivity index (χ1) is 15.4. The van der Waals surface area contributed by atoms with Gasteiger partial charge in [-0.1, -0.05) is 48.0 Å². The average Bonchev–Trinajstić information content (AvgIpc) is 2.79. The lowest BCUT2D eigenvalue weighted by atomic mass is 10.1. The zero-order valence-electron chi connectivity index (χ0n) is 16.8. The SMILES string of the molecule is O=C(CSc1ccc(Cl)cc1)Nc1ccc(S(=O)(=O)Nc2cccc3ccccc23)cc1. The number of carbonyl (C=O) groups is 1. The molecule has 0 unspecified atom stereocenters. The normalized spacial score (nSPS) is 11.3. The van der Waals surface area contributed by atoms with Gasteiger partial charge in [0.15, 0.2) is 0 Å². The zero-order valence-corrected chi connectivity index (χ0v) is 19.2. The van der Waals surface area contributed by atoms with E-state index in [0.29, 0.717) is 16.4 Å². The van der Waals surface area contributed by atoms with E-state index in [-0.39, 0.29) is 16.6 Å². The van der Waals surface area contributed by atoms with Crippen LogP contribution >= 0.6 is 23.4 Å². The number of sulfonamides is 1. The van der Waals surface area contributed by atoms with Crippen LogP contribution in [0.2, 0.25) is 5.02 Å². The van der Waals surface area contributed by atoms with Crippen molar-refractivity contribution in [3.05, 3.63) is 96.0 Å². The number of fused-ring (bicyclic) bond motifs is 1. The minimum Gasteiger partial charge on any atom is -0.325 e. The number of hydrogen-bond donors (Lipinski definition) is 2. The molecule has 1 amide bonds. The highest BCUT2D eigenvalue weighted by Gasteiger charge is 2.16. The van der Waals surface area contributed by atoms with Gasteiger partial charge in [0.25, 0.3) is 10.0 Å². The lowest BCUT2D eigenvalue weighted by molar-refractivity contribution is -0.113. The van der Waals surface area contributed by atoms with E-state index >= 15 is 0 Å². The highest BCUT2D eigenvalue weighted by atomic mass is 35.5. The number of nitrogens with one attached hydrogen (secondary N) is 2. The molecule has 0 heterocycles. The Morgan fingerprint density at radius 1 is 0.844 bits per heavy atom. The Bertz CT molecular complexity index is 1350. The minimum absolute atomic E-state index is 0.110. The van der Waals surface area contributed by atoms with Crippen LogP contribution in [0.5, 0.6) is 0 Å². The molecule has 8 heteroatoms. The van der Waals surface area contributed by atoms with Crippen LogP contribution in [-0.4, -0.2) is 20.1 Å². The summed E-state index contributed by atoms with van der Waals surface area (Å²) in [6, 6.07) is 26.3. The van der Waals surface area contributed by atoms with Gasteiger partial charge in [-0.2, -0.15) is 0 Å². The fourth-order valence-corrected chi connectivity index (χ4v) is 5.02. The second-order valence-electron chi connectivity index (χ2n) is 6.95. The maximum Gasteiger partial charge on any atom is 0.261 e. The van der Waals surface area contributed by atoms with E-state index < -0.39 is 10.0 Å². The van der Waals surface area contributed by atoms with Crippen molar-refractivity contribution in [3.63, 3.8) is 0 Å². The molecule has 4 rings (SSSR count). The summed E-state index contributed by atoms with van der Waals surface area (Å²) in [5, 5.41) is 5.18. The van der Waals surface area contributed by atoms with Gasteiger partial charge in [0.05, 0.1) is 16.3 Å². The van der Waals surface area contributed by atoms with Gasteiger partial charge in [-0.15, -0.1) is 11.8 Å². The highest BCUT2D eigenvalue weighted by molar-refractivity contribution is 8.00. The molecule has 0 aliphatic carbocycles. The summed E-state index contributed by atoms with van der Waals surface area (Å²) >= 11 is 7.25. The zero-order chi connectivity index (χ0) is 22.6. The molecular formula is C24H19ClN2O3S2. The van der Waals surface area contributed by atoms with Gasteiger partial charge >= 0.3 is 0 Å². The van der Waals surface area contributed by atoms with E-state index in [9.17, 15) is 13.2 Å². The molecule has 2 N–H and O–H groups in total. The van der Waals surface area contributed by atoms with E-state index in [1.165, 1.54) is 23.9 Å². The maximum absolute atomic E-state index is 12.9. The van der Waals surface area contributed by atoms with Crippen LogP contribution in [0.1, 0.15) is 0 Å². The molecule has 0 saturated heterocycles. The van der Waals surface area contributed by atoms with Crippen LogP contribution in [0.3, 0.4) is 0 Å². The number of benzene rings is 4. The molecule has 0 spiro atoms. The summed E-state index contributed by atoms with van der Waals surface area (Å²) in [6.45, 7) is 0. The Labute approximate surface area is 195 Å². The van der Waals surface area contributed by atoms with E-state index in [1.54, 1.807) is 36.4 Å². The lowest BCUT2D eigenvalue weighted by Gasteiger charge is -2.11. The van der Waals surface area contributed by atoms with Gasteiger partial charge in [0.1, 0.15) is 0 Å². The first kappa shape index (κ1) is 22.2. The molecule has 4 aromatic rings. The molecule has 0 bridgehead atoms. The predicted molar refractivity (Wildman–Crippen MR) is 132 cm³/mol. The van der Waals surface area contributed by atoms with Crippen molar-refractivity contribution >= 4 is 61.4 Å². The maximum atomic E-state index is 12.9. The van der Waals surface area contributed by atoms with Gasteiger partial charge in [-0.05, 0) is 60.0 Å². The Balaban J connectivity index is 1.41. The molecular weight excluding hydrogens is 464 g/mol. The van der Waals surface area contributed by atoms with Crippen LogP contribution in [0, 0.1) is 0 Å². The van der Waals surface area contributed by atoms with Gasteiger partial charge in [-0.25, -0.2) is 8.42 Å². The van der Waals surface area contributed by atoms with E-state index in [4.69, 9.17) is 11.6 Å². The Morgan fingerprint density at radius 3 is 2.28 bits per heavy atom. The number of anilines is 2.